The molecule has 0 aromatic heterocycles. The van der Waals surface area contributed by atoms with Crippen LogP contribution in [0.5, 0.6) is 23.0 Å². The van der Waals surface area contributed by atoms with Crippen LogP contribution < -0.4 is 0 Å². The Morgan fingerprint density at radius 1 is 0.885 bits per heavy atom. The van der Waals surface area contributed by atoms with Gasteiger partial charge in [-0.3, -0.25) is 4.79 Å². The number of hydrogen-bond acceptors (Lipinski definition) is 6. The number of carbonyl (C=O) groups excluding carboxylic acids is 1. The third-order valence-corrected chi connectivity index (χ3v) is 4.42. The summed E-state index contributed by atoms with van der Waals surface area (Å²) in [5.74, 6) is -1.17. The maximum Gasteiger partial charge on any atom is 0.303 e. The summed E-state index contributed by atoms with van der Waals surface area (Å²) >= 11 is 0. The van der Waals surface area contributed by atoms with Crippen LogP contribution in [0.4, 0.5) is 0 Å². The van der Waals surface area contributed by atoms with Gasteiger partial charge in [-0.25, -0.2) is 0 Å². The molecule has 2 rings (SSSR count). The first-order valence-corrected chi connectivity index (χ1v) is 8.52. The first kappa shape index (κ1) is 19.4. The van der Waals surface area contributed by atoms with Gasteiger partial charge in [0.25, 0.3) is 0 Å². The second-order valence-corrected chi connectivity index (χ2v) is 6.28. The van der Waals surface area contributed by atoms with Crippen molar-refractivity contribution in [3.63, 3.8) is 0 Å². The van der Waals surface area contributed by atoms with E-state index in [1.165, 1.54) is 31.2 Å². The maximum atomic E-state index is 11.5. The van der Waals surface area contributed by atoms with Crippen molar-refractivity contribution in [2.75, 3.05) is 0 Å². The number of carbonyl (C=O) groups is 1. The minimum Gasteiger partial charge on any atom is -0.504 e. The molecule has 0 aliphatic heterocycles. The molecule has 0 amide bonds. The van der Waals surface area contributed by atoms with E-state index in [1.54, 1.807) is 12.1 Å². The number of rotatable bonds is 7. The van der Waals surface area contributed by atoms with Gasteiger partial charge in [0.05, 0.1) is 0 Å². The van der Waals surface area contributed by atoms with E-state index in [2.05, 4.69) is 0 Å². The lowest BCUT2D eigenvalue weighted by atomic mass is 9.89. The lowest BCUT2D eigenvalue weighted by Crippen LogP contribution is -2.10. The first-order valence-electron chi connectivity index (χ1n) is 8.52. The van der Waals surface area contributed by atoms with Crippen LogP contribution in [0.1, 0.15) is 56.3 Å². The molecule has 0 aliphatic carbocycles. The fourth-order valence-electron chi connectivity index (χ4n) is 2.99. The van der Waals surface area contributed by atoms with E-state index in [-0.39, 0.29) is 28.9 Å². The van der Waals surface area contributed by atoms with Gasteiger partial charge in [-0.1, -0.05) is 19.1 Å². The van der Waals surface area contributed by atoms with Crippen molar-refractivity contribution in [2.45, 2.75) is 45.1 Å². The molecule has 0 radical (unpaired) electrons. The van der Waals surface area contributed by atoms with Crippen molar-refractivity contribution >= 4 is 5.97 Å². The zero-order valence-corrected chi connectivity index (χ0v) is 14.8. The second-order valence-electron chi connectivity index (χ2n) is 6.28. The van der Waals surface area contributed by atoms with Crippen LogP contribution in [0.15, 0.2) is 36.4 Å². The molecule has 2 unspecified atom stereocenters. The molecule has 0 heterocycles. The Morgan fingerprint density at radius 2 is 1.42 bits per heavy atom. The first-order chi connectivity index (χ1) is 12.3. The summed E-state index contributed by atoms with van der Waals surface area (Å²) < 4.78 is 5.38. The molecular weight excluding hydrogens is 336 g/mol. The molecule has 0 aliphatic rings. The molecule has 2 atom stereocenters. The largest absolute Gasteiger partial charge is 0.504 e. The van der Waals surface area contributed by atoms with Crippen molar-refractivity contribution in [1.29, 1.82) is 0 Å². The molecular formula is C20H24O6. The number of hydrogen-bond donors (Lipinski definition) is 4. The standard InChI is InChI=1S/C20H24O6/c1-3-13(14-4-7-16(22)18(24)10-14)6-9-20(26-12(2)21)15-5-8-17(23)19(25)11-15/h4-5,7-8,10-11,13,20,22-25H,3,6,9H2,1-2H3. The van der Waals surface area contributed by atoms with Gasteiger partial charge >= 0.3 is 5.97 Å². The average molecular weight is 360 g/mol. The number of phenols is 4. The van der Waals surface area contributed by atoms with Gasteiger partial charge in [-0.05, 0) is 60.6 Å². The minimum atomic E-state index is -0.557. The van der Waals surface area contributed by atoms with Gasteiger partial charge < -0.3 is 25.2 Å². The highest BCUT2D eigenvalue weighted by molar-refractivity contribution is 5.66. The second kappa shape index (κ2) is 8.47. The quantitative estimate of drug-likeness (QED) is 0.438. The molecule has 0 fully saturated rings. The van der Waals surface area contributed by atoms with E-state index >= 15 is 0 Å². The van der Waals surface area contributed by atoms with Gasteiger partial charge in [0, 0.05) is 6.92 Å². The summed E-state index contributed by atoms with van der Waals surface area (Å²) in [6, 6.07) is 9.10. The van der Waals surface area contributed by atoms with E-state index in [1.807, 2.05) is 6.92 Å². The van der Waals surface area contributed by atoms with Crippen molar-refractivity contribution in [1.82, 2.24) is 0 Å². The van der Waals surface area contributed by atoms with E-state index in [0.717, 1.165) is 12.0 Å². The van der Waals surface area contributed by atoms with Crippen LogP contribution in [0.25, 0.3) is 0 Å². The fraction of sp³-hybridized carbons (Fsp3) is 0.350. The summed E-state index contributed by atoms with van der Waals surface area (Å²) in [7, 11) is 0. The smallest absolute Gasteiger partial charge is 0.303 e. The lowest BCUT2D eigenvalue weighted by molar-refractivity contribution is -0.147. The molecule has 0 saturated heterocycles. The summed E-state index contributed by atoms with van der Waals surface area (Å²) in [5.41, 5.74) is 1.48. The molecule has 0 bridgehead atoms. The van der Waals surface area contributed by atoms with Crippen molar-refractivity contribution in [3.05, 3.63) is 47.5 Å². The van der Waals surface area contributed by atoms with Gasteiger partial charge in [-0.15, -0.1) is 0 Å². The summed E-state index contributed by atoms with van der Waals surface area (Å²) in [5, 5.41) is 38.3. The van der Waals surface area contributed by atoms with E-state index in [0.29, 0.717) is 18.4 Å². The van der Waals surface area contributed by atoms with E-state index < -0.39 is 12.1 Å². The number of esters is 1. The topological polar surface area (TPSA) is 107 Å². The predicted molar refractivity (Wildman–Crippen MR) is 96.3 cm³/mol. The maximum absolute atomic E-state index is 11.5. The lowest BCUT2D eigenvalue weighted by Gasteiger charge is -2.22. The highest BCUT2D eigenvalue weighted by atomic mass is 16.5. The fourth-order valence-corrected chi connectivity index (χ4v) is 2.99. The number of benzene rings is 2. The molecule has 26 heavy (non-hydrogen) atoms. The number of aromatic hydroxyl groups is 4. The Balaban J connectivity index is 2.17. The van der Waals surface area contributed by atoms with Gasteiger partial charge in [-0.2, -0.15) is 0 Å². The molecule has 140 valence electrons. The molecule has 2 aromatic carbocycles. The normalized spacial score (nSPS) is 13.2. The molecule has 6 heteroatoms. The molecule has 0 spiro atoms. The summed E-state index contributed by atoms with van der Waals surface area (Å²) in [6.07, 6.45) is 1.42. The van der Waals surface area contributed by atoms with E-state index in [9.17, 15) is 25.2 Å². The van der Waals surface area contributed by atoms with Gasteiger partial charge in [0.15, 0.2) is 23.0 Å². The highest BCUT2D eigenvalue weighted by Crippen LogP contribution is 2.36. The summed E-state index contributed by atoms with van der Waals surface area (Å²) in [6.45, 7) is 3.34. The van der Waals surface area contributed by atoms with Crippen LogP contribution in [0.3, 0.4) is 0 Å². The third kappa shape index (κ3) is 4.81. The third-order valence-electron chi connectivity index (χ3n) is 4.42. The Hall–Kier alpha value is -2.89. The van der Waals surface area contributed by atoms with Crippen LogP contribution >= 0.6 is 0 Å². The summed E-state index contributed by atoms with van der Waals surface area (Å²) in [4.78, 5) is 11.5. The Kier molecular flexibility index (Phi) is 6.33. The van der Waals surface area contributed by atoms with Crippen molar-refractivity contribution in [3.8, 4) is 23.0 Å². The zero-order chi connectivity index (χ0) is 19.3. The highest BCUT2D eigenvalue weighted by Gasteiger charge is 2.20. The Labute approximate surface area is 152 Å². The molecule has 4 N–H and O–H groups in total. The average Bonchev–Trinajstić information content (AvgIpc) is 2.59. The zero-order valence-electron chi connectivity index (χ0n) is 14.8. The van der Waals surface area contributed by atoms with Crippen molar-refractivity contribution in [2.24, 2.45) is 0 Å². The molecule has 0 saturated carbocycles. The van der Waals surface area contributed by atoms with Crippen LogP contribution in [-0.2, 0) is 9.53 Å². The van der Waals surface area contributed by atoms with Gasteiger partial charge in [0.2, 0.25) is 0 Å². The van der Waals surface area contributed by atoms with Crippen molar-refractivity contribution < 1.29 is 30.0 Å². The van der Waals surface area contributed by atoms with E-state index in [4.69, 9.17) is 4.74 Å². The number of phenolic OH excluding ortho intramolecular Hbond substituents is 4. The van der Waals surface area contributed by atoms with Crippen LogP contribution in [-0.4, -0.2) is 26.4 Å². The number of ether oxygens (including phenoxy) is 1. The minimum absolute atomic E-state index is 0.102. The predicted octanol–water partition coefficient (Wildman–Crippen LogP) is 4.09. The molecule has 6 nitrogen and oxygen atoms in total. The monoisotopic (exact) mass is 360 g/mol. The molecule has 2 aromatic rings. The van der Waals surface area contributed by atoms with Crippen LogP contribution in [0.2, 0.25) is 0 Å². The van der Waals surface area contributed by atoms with Gasteiger partial charge in [0.1, 0.15) is 6.10 Å². The van der Waals surface area contributed by atoms with Crippen LogP contribution in [0, 0.1) is 0 Å². The SMILES string of the molecule is CCC(CCC(OC(C)=O)c1ccc(O)c(O)c1)c1ccc(O)c(O)c1. The Morgan fingerprint density at radius 3 is 1.92 bits per heavy atom. The Bertz CT molecular complexity index is 771.